The molecule has 4 nitrogen and oxygen atoms in total. The molecule has 166 valence electrons. The van der Waals surface area contributed by atoms with Gasteiger partial charge in [0.25, 0.3) is 0 Å². The van der Waals surface area contributed by atoms with Crippen LogP contribution in [0.3, 0.4) is 0 Å². The number of aryl methyl sites for hydroxylation is 3. The summed E-state index contributed by atoms with van der Waals surface area (Å²) in [6.45, 7) is 9.82. The highest BCUT2D eigenvalue weighted by molar-refractivity contribution is 7.27. The molecule has 0 saturated carbocycles. The van der Waals surface area contributed by atoms with E-state index in [1.807, 2.05) is 51.1 Å². The second kappa shape index (κ2) is 11.3. The monoisotopic (exact) mass is 440 g/mol. The van der Waals surface area contributed by atoms with Crippen LogP contribution in [0, 0.1) is 26.7 Å². The quantitative estimate of drug-likeness (QED) is 0.225. The fraction of sp³-hybridized carbons (Fsp3) is 0.462. The van der Waals surface area contributed by atoms with Gasteiger partial charge in [-0.1, -0.05) is 87.6 Å². The fourth-order valence-electron chi connectivity index (χ4n) is 4.24. The van der Waals surface area contributed by atoms with Gasteiger partial charge in [0, 0.05) is 0 Å². The van der Waals surface area contributed by atoms with Gasteiger partial charge in [-0.05, 0) is 49.8 Å². The number of benzene rings is 2. The molecular formula is C26H33O4P. The molecule has 31 heavy (non-hydrogen) atoms. The van der Waals surface area contributed by atoms with Crippen molar-refractivity contribution in [3.63, 3.8) is 0 Å². The van der Waals surface area contributed by atoms with Crippen LogP contribution in [0.4, 0.5) is 0 Å². The lowest BCUT2D eigenvalue weighted by atomic mass is 9.84. The molecule has 0 aliphatic rings. The third-order valence-electron chi connectivity index (χ3n) is 5.94. The summed E-state index contributed by atoms with van der Waals surface area (Å²) in [5.41, 5.74) is 3.55. The summed E-state index contributed by atoms with van der Waals surface area (Å²) in [6.07, 6.45) is 4.26. The molecule has 2 unspecified atom stereocenters. The zero-order valence-electron chi connectivity index (χ0n) is 19.2. The lowest BCUT2D eigenvalue weighted by molar-refractivity contribution is -0.141. The van der Waals surface area contributed by atoms with E-state index < -0.39 is 17.1 Å². The van der Waals surface area contributed by atoms with E-state index in [1.165, 1.54) is 0 Å². The normalized spacial score (nSPS) is 14.1. The minimum atomic E-state index is -1.40. The molecule has 0 saturated heterocycles. The van der Waals surface area contributed by atoms with E-state index in [0.717, 1.165) is 42.4 Å². The van der Waals surface area contributed by atoms with E-state index in [2.05, 4.69) is 13.8 Å². The maximum atomic E-state index is 13.4. The summed E-state index contributed by atoms with van der Waals surface area (Å²) in [6, 6.07) is 12.8. The number of hydrogen-bond acceptors (Lipinski definition) is 4. The van der Waals surface area contributed by atoms with Gasteiger partial charge >= 0.3 is 11.9 Å². The number of esters is 2. The van der Waals surface area contributed by atoms with Crippen molar-refractivity contribution in [1.82, 2.24) is 0 Å². The average Bonchev–Trinajstić information content (AvgIpc) is 2.74. The molecule has 0 radical (unpaired) electrons. The molecule has 0 bridgehead atoms. The third kappa shape index (κ3) is 5.89. The SMILES string of the molecule is CCCCC(CC)CC(P=O)(C(=O)OC(=O)c1c(C)cc(C)cc1C)c1ccccc1. The van der Waals surface area contributed by atoms with Crippen molar-refractivity contribution in [2.75, 3.05) is 0 Å². The second-order valence-electron chi connectivity index (χ2n) is 8.39. The van der Waals surface area contributed by atoms with Crippen molar-refractivity contribution in [3.8, 4) is 0 Å². The average molecular weight is 441 g/mol. The summed E-state index contributed by atoms with van der Waals surface area (Å²) >= 11 is 0. The van der Waals surface area contributed by atoms with Crippen molar-refractivity contribution in [2.24, 2.45) is 5.92 Å². The van der Waals surface area contributed by atoms with Crippen molar-refractivity contribution in [3.05, 3.63) is 70.3 Å². The standard InChI is InChI=1S/C26H33O4P/c1-6-8-12-21(7-2)17-26(31-29,22-13-10-9-11-14-22)25(28)30-24(27)23-19(4)15-18(3)16-20(23)5/h9-11,13-16,21H,6-8,12,17H2,1-5H3. The van der Waals surface area contributed by atoms with E-state index in [9.17, 15) is 14.2 Å². The van der Waals surface area contributed by atoms with Gasteiger partial charge in [0.15, 0.2) is 13.6 Å². The first-order valence-corrected chi connectivity index (χ1v) is 11.8. The summed E-state index contributed by atoms with van der Waals surface area (Å²) in [7, 11) is -0.361. The predicted octanol–water partition coefficient (Wildman–Crippen LogP) is 7.09. The topological polar surface area (TPSA) is 60.4 Å². The Morgan fingerprint density at radius 2 is 1.65 bits per heavy atom. The van der Waals surface area contributed by atoms with Crippen LogP contribution in [0.5, 0.6) is 0 Å². The largest absolute Gasteiger partial charge is 0.388 e. The Kier molecular flexibility index (Phi) is 9.13. The van der Waals surface area contributed by atoms with Gasteiger partial charge in [0.05, 0.1) is 5.56 Å². The molecule has 0 aliphatic heterocycles. The van der Waals surface area contributed by atoms with Crippen LogP contribution in [0.1, 0.15) is 78.6 Å². The number of ether oxygens (including phenoxy) is 1. The highest BCUT2D eigenvalue weighted by Gasteiger charge is 2.46. The van der Waals surface area contributed by atoms with Crippen LogP contribution in [0.2, 0.25) is 0 Å². The molecule has 2 aromatic carbocycles. The molecule has 2 rings (SSSR count). The van der Waals surface area contributed by atoms with Gasteiger partial charge in [-0.2, -0.15) is 0 Å². The summed E-state index contributed by atoms with van der Waals surface area (Å²) in [5.74, 6) is -1.24. The first-order chi connectivity index (χ1) is 14.8. The lowest BCUT2D eigenvalue weighted by Crippen LogP contribution is -2.36. The van der Waals surface area contributed by atoms with Crippen LogP contribution in [-0.4, -0.2) is 11.9 Å². The molecule has 0 spiro atoms. The summed E-state index contributed by atoms with van der Waals surface area (Å²) in [4.78, 5) is 26.4. The minimum Gasteiger partial charge on any atom is -0.388 e. The summed E-state index contributed by atoms with van der Waals surface area (Å²) in [5, 5.41) is -1.40. The number of carbonyl (C=O) groups is 2. The molecule has 0 aliphatic carbocycles. The van der Waals surface area contributed by atoms with Gasteiger partial charge < -0.3 is 4.74 Å². The highest BCUT2D eigenvalue weighted by Crippen LogP contribution is 2.44. The van der Waals surface area contributed by atoms with E-state index >= 15 is 0 Å². The smallest absolute Gasteiger partial charge is 0.346 e. The van der Waals surface area contributed by atoms with Gasteiger partial charge in [-0.25, -0.2) is 9.59 Å². The Morgan fingerprint density at radius 3 is 2.16 bits per heavy atom. The Labute approximate surface area is 187 Å². The van der Waals surface area contributed by atoms with Crippen LogP contribution in [0.25, 0.3) is 0 Å². The Balaban J connectivity index is 2.43. The van der Waals surface area contributed by atoms with E-state index in [1.54, 1.807) is 12.1 Å². The molecule has 0 heterocycles. The zero-order chi connectivity index (χ0) is 23.0. The zero-order valence-corrected chi connectivity index (χ0v) is 20.1. The maximum absolute atomic E-state index is 13.4. The van der Waals surface area contributed by atoms with Crippen molar-refractivity contribution < 1.29 is 18.9 Å². The second-order valence-corrected chi connectivity index (χ2v) is 9.33. The van der Waals surface area contributed by atoms with Crippen LogP contribution in [-0.2, 0) is 19.3 Å². The number of rotatable bonds is 10. The first-order valence-electron chi connectivity index (χ1n) is 11.0. The van der Waals surface area contributed by atoms with E-state index in [4.69, 9.17) is 4.74 Å². The molecule has 0 amide bonds. The molecule has 2 atom stereocenters. The first kappa shape index (κ1) is 24.9. The Bertz CT molecular complexity index is 899. The fourth-order valence-corrected chi connectivity index (χ4v) is 4.95. The van der Waals surface area contributed by atoms with Crippen molar-refractivity contribution in [2.45, 2.75) is 71.9 Å². The Hall–Kier alpha value is -2.32. The van der Waals surface area contributed by atoms with Crippen LogP contribution >= 0.6 is 8.46 Å². The van der Waals surface area contributed by atoms with E-state index in [-0.39, 0.29) is 14.4 Å². The van der Waals surface area contributed by atoms with Crippen molar-refractivity contribution in [1.29, 1.82) is 0 Å². The number of unbranched alkanes of at least 4 members (excludes halogenated alkanes) is 1. The number of hydrogen-bond donors (Lipinski definition) is 0. The van der Waals surface area contributed by atoms with Gasteiger partial charge in [0.2, 0.25) is 0 Å². The highest BCUT2D eigenvalue weighted by atomic mass is 31.1. The van der Waals surface area contributed by atoms with Crippen LogP contribution in [0.15, 0.2) is 42.5 Å². The van der Waals surface area contributed by atoms with Gasteiger partial charge in [-0.15, -0.1) is 0 Å². The molecule has 2 aromatic rings. The molecule has 0 aromatic heterocycles. The summed E-state index contributed by atoms with van der Waals surface area (Å²) < 4.78 is 18.0. The van der Waals surface area contributed by atoms with Crippen molar-refractivity contribution >= 4 is 20.4 Å². The van der Waals surface area contributed by atoms with Gasteiger partial charge in [0.1, 0.15) is 0 Å². The molecule has 5 heteroatoms. The van der Waals surface area contributed by atoms with Crippen LogP contribution < -0.4 is 0 Å². The number of carbonyl (C=O) groups excluding carboxylic acids is 2. The molecular weight excluding hydrogens is 407 g/mol. The molecule has 0 fully saturated rings. The lowest BCUT2D eigenvalue weighted by Gasteiger charge is -2.29. The van der Waals surface area contributed by atoms with Gasteiger partial charge in [-0.3, -0.25) is 4.57 Å². The van der Waals surface area contributed by atoms with E-state index in [0.29, 0.717) is 17.5 Å². The minimum absolute atomic E-state index is 0.201. The molecule has 0 N–H and O–H groups in total. The maximum Gasteiger partial charge on any atom is 0.346 e. The predicted molar refractivity (Wildman–Crippen MR) is 125 cm³/mol. The Morgan fingerprint density at radius 1 is 1.03 bits per heavy atom. The third-order valence-corrected chi connectivity index (χ3v) is 6.87.